The first-order valence-electron chi connectivity index (χ1n) is 5.82. The first-order chi connectivity index (χ1) is 9.58. The van der Waals surface area contributed by atoms with E-state index in [9.17, 15) is 9.50 Å². The van der Waals surface area contributed by atoms with Crippen molar-refractivity contribution in [2.75, 3.05) is 0 Å². The molecule has 2 aromatic heterocycles. The summed E-state index contributed by atoms with van der Waals surface area (Å²) in [7, 11) is 0. The van der Waals surface area contributed by atoms with E-state index in [0.717, 1.165) is 20.2 Å². The summed E-state index contributed by atoms with van der Waals surface area (Å²) < 4.78 is 16.7. The minimum absolute atomic E-state index is 0.105. The number of aromatic nitrogens is 2. The van der Waals surface area contributed by atoms with Gasteiger partial charge in [-0.1, -0.05) is 12.1 Å². The third kappa shape index (κ3) is 2.23. The van der Waals surface area contributed by atoms with Crippen LogP contribution in [0.1, 0.15) is 5.56 Å². The highest BCUT2D eigenvalue weighted by Gasteiger charge is 2.16. The van der Waals surface area contributed by atoms with Gasteiger partial charge in [0.1, 0.15) is 16.2 Å². The number of nitrogens with zero attached hydrogens (tertiary/aromatic N) is 2. The molecule has 2 heterocycles. The van der Waals surface area contributed by atoms with Gasteiger partial charge in [0.05, 0.1) is 27.8 Å². The molecule has 0 atom stereocenters. The first kappa shape index (κ1) is 13.6. The number of hydrogen-bond acceptors (Lipinski definition) is 2. The van der Waals surface area contributed by atoms with Crippen molar-refractivity contribution >= 4 is 42.8 Å². The Morgan fingerprint density at radius 2 is 2.05 bits per heavy atom. The summed E-state index contributed by atoms with van der Waals surface area (Å²) >= 11 is 6.94. The van der Waals surface area contributed by atoms with Gasteiger partial charge in [-0.05, 0) is 49.6 Å². The summed E-state index contributed by atoms with van der Waals surface area (Å²) in [6.45, 7) is 0.478. The lowest BCUT2D eigenvalue weighted by molar-refractivity contribution is 0.479. The molecule has 0 spiro atoms. The first-order valence-corrected chi connectivity index (χ1v) is 7.41. The fraction of sp³-hybridized carbons (Fsp3) is 0.0714. The lowest BCUT2D eigenvalue weighted by atomic mass is 10.2. The van der Waals surface area contributed by atoms with E-state index in [1.807, 2.05) is 10.6 Å². The predicted molar refractivity (Wildman–Crippen MR) is 82.3 cm³/mol. The van der Waals surface area contributed by atoms with Crippen molar-refractivity contribution < 1.29 is 9.50 Å². The van der Waals surface area contributed by atoms with E-state index in [-0.39, 0.29) is 11.6 Å². The zero-order valence-corrected chi connectivity index (χ0v) is 13.3. The molecule has 0 aliphatic rings. The molecule has 1 N–H and O–H groups in total. The Hall–Kier alpha value is -1.40. The normalized spacial score (nSPS) is 11.2. The van der Waals surface area contributed by atoms with Crippen molar-refractivity contribution in [1.82, 2.24) is 9.55 Å². The monoisotopic (exact) mass is 398 g/mol. The highest BCUT2D eigenvalue weighted by molar-refractivity contribution is 9.13. The van der Waals surface area contributed by atoms with Crippen LogP contribution in [0.25, 0.3) is 10.9 Å². The van der Waals surface area contributed by atoms with E-state index in [0.29, 0.717) is 11.9 Å². The summed E-state index contributed by atoms with van der Waals surface area (Å²) in [5.74, 6) is -0.164. The van der Waals surface area contributed by atoms with Gasteiger partial charge in [-0.2, -0.15) is 0 Å². The smallest absolute Gasteiger partial charge is 0.144 e. The molecule has 0 radical (unpaired) electrons. The van der Waals surface area contributed by atoms with Crippen LogP contribution in [-0.4, -0.2) is 14.7 Å². The SMILES string of the molecule is Oc1cncc2c1c(Br)c(Br)n2Cc1cccc(F)c1. The van der Waals surface area contributed by atoms with Gasteiger partial charge in [0.25, 0.3) is 0 Å². The maximum Gasteiger partial charge on any atom is 0.144 e. The molecule has 102 valence electrons. The molecule has 0 aliphatic heterocycles. The molecule has 3 aromatic rings. The minimum Gasteiger partial charge on any atom is -0.506 e. The zero-order valence-electron chi connectivity index (χ0n) is 10.1. The molecule has 6 heteroatoms. The van der Waals surface area contributed by atoms with Gasteiger partial charge < -0.3 is 9.67 Å². The third-order valence-corrected chi connectivity index (χ3v) is 5.19. The van der Waals surface area contributed by atoms with Crippen LogP contribution in [0.5, 0.6) is 5.75 Å². The van der Waals surface area contributed by atoms with Crippen LogP contribution in [0.2, 0.25) is 0 Å². The van der Waals surface area contributed by atoms with Crippen molar-refractivity contribution in [1.29, 1.82) is 0 Å². The molecule has 3 rings (SSSR count). The largest absolute Gasteiger partial charge is 0.506 e. The number of hydrogen-bond donors (Lipinski definition) is 1. The maximum absolute atomic E-state index is 13.3. The molecule has 20 heavy (non-hydrogen) atoms. The van der Waals surface area contributed by atoms with Gasteiger partial charge in [0, 0.05) is 6.54 Å². The van der Waals surface area contributed by atoms with Crippen molar-refractivity contribution in [3.8, 4) is 5.75 Å². The van der Waals surface area contributed by atoms with E-state index < -0.39 is 0 Å². The second kappa shape index (κ2) is 5.18. The van der Waals surface area contributed by atoms with Crippen molar-refractivity contribution in [3.05, 3.63) is 57.1 Å². The molecule has 0 saturated heterocycles. The summed E-state index contributed by atoms with van der Waals surface area (Å²) in [5.41, 5.74) is 1.60. The van der Waals surface area contributed by atoms with Crippen LogP contribution in [0.3, 0.4) is 0 Å². The fourth-order valence-electron chi connectivity index (χ4n) is 2.17. The van der Waals surface area contributed by atoms with Crippen LogP contribution in [-0.2, 0) is 6.54 Å². The highest BCUT2D eigenvalue weighted by atomic mass is 79.9. The Morgan fingerprint density at radius 3 is 2.80 bits per heavy atom. The van der Waals surface area contributed by atoms with Gasteiger partial charge in [0.2, 0.25) is 0 Å². The Balaban J connectivity index is 2.17. The average molecular weight is 400 g/mol. The highest BCUT2D eigenvalue weighted by Crippen LogP contribution is 2.39. The number of fused-ring (bicyclic) bond motifs is 1. The maximum atomic E-state index is 13.3. The van der Waals surface area contributed by atoms with Crippen molar-refractivity contribution in [3.63, 3.8) is 0 Å². The van der Waals surface area contributed by atoms with Crippen molar-refractivity contribution in [2.45, 2.75) is 6.54 Å². The standard InChI is InChI=1S/C14H9Br2FN2O/c15-13-12-10(5-18-6-11(12)20)19(14(13)16)7-8-2-1-3-9(17)4-8/h1-6,20H,7H2. The molecule has 0 unspecified atom stereocenters. The quantitative estimate of drug-likeness (QED) is 0.691. The van der Waals surface area contributed by atoms with Gasteiger partial charge in [0.15, 0.2) is 0 Å². The van der Waals surface area contributed by atoms with E-state index in [1.54, 1.807) is 12.3 Å². The fourth-order valence-corrected chi connectivity index (χ4v) is 3.30. The topological polar surface area (TPSA) is 38.1 Å². The number of rotatable bonds is 2. The molecule has 0 amide bonds. The number of benzene rings is 1. The predicted octanol–water partition coefficient (Wildman–Crippen LogP) is 4.45. The molecule has 0 fully saturated rings. The summed E-state index contributed by atoms with van der Waals surface area (Å²) in [5, 5.41) is 10.6. The Kier molecular flexibility index (Phi) is 3.52. The van der Waals surface area contributed by atoms with Crippen LogP contribution in [0.15, 0.2) is 45.7 Å². The third-order valence-electron chi connectivity index (χ3n) is 3.06. The lowest BCUT2D eigenvalue weighted by Crippen LogP contribution is -2.00. The summed E-state index contributed by atoms with van der Waals surface area (Å²) in [6, 6.07) is 6.43. The van der Waals surface area contributed by atoms with Crippen molar-refractivity contribution in [2.24, 2.45) is 0 Å². The van der Waals surface area contributed by atoms with E-state index >= 15 is 0 Å². The Labute approximate surface area is 131 Å². The Morgan fingerprint density at radius 1 is 1.25 bits per heavy atom. The summed E-state index contributed by atoms with van der Waals surface area (Å²) in [4.78, 5) is 4.00. The molecule has 3 nitrogen and oxygen atoms in total. The van der Waals surface area contributed by atoms with Crippen LogP contribution < -0.4 is 0 Å². The molecule has 0 bridgehead atoms. The van der Waals surface area contributed by atoms with E-state index in [1.165, 1.54) is 18.3 Å². The number of aromatic hydroxyl groups is 1. The summed E-state index contributed by atoms with van der Waals surface area (Å²) in [6.07, 6.45) is 3.07. The second-order valence-corrected chi connectivity index (χ2v) is 5.92. The van der Waals surface area contributed by atoms with Crippen LogP contribution in [0.4, 0.5) is 4.39 Å². The zero-order chi connectivity index (χ0) is 14.3. The molecular weight excluding hydrogens is 391 g/mol. The van der Waals surface area contributed by atoms with Gasteiger partial charge in [-0.25, -0.2) is 4.39 Å². The van der Waals surface area contributed by atoms with Crippen LogP contribution >= 0.6 is 31.9 Å². The molecular formula is C14H9Br2FN2O. The molecule has 0 aliphatic carbocycles. The molecule has 1 aromatic carbocycles. The number of halogens is 3. The second-order valence-electron chi connectivity index (χ2n) is 4.37. The van der Waals surface area contributed by atoms with Gasteiger partial charge in [-0.15, -0.1) is 0 Å². The lowest BCUT2D eigenvalue weighted by Gasteiger charge is -2.07. The van der Waals surface area contributed by atoms with E-state index in [4.69, 9.17) is 0 Å². The minimum atomic E-state index is -0.268. The average Bonchev–Trinajstić information content (AvgIpc) is 2.65. The number of pyridine rings is 1. The van der Waals surface area contributed by atoms with Gasteiger partial charge >= 0.3 is 0 Å². The van der Waals surface area contributed by atoms with Crippen LogP contribution in [0, 0.1) is 5.82 Å². The van der Waals surface area contributed by atoms with E-state index in [2.05, 4.69) is 36.8 Å². The van der Waals surface area contributed by atoms with Gasteiger partial charge in [-0.3, -0.25) is 4.98 Å². The molecule has 0 saturated carbocycles. The Bertz CT molecular complexity index is 801.